The summed E-state index contributed by atoms with van der Waals surface area (Å²) in [7, 11) is 0. The molecule has 182 valence electrons. The molecule has 1 aromatic rings. The number of carbonyl (C=O) groups is 2. The summed E-state index contributed by atoms with van der Waals surface area (Å²) < 4.78 is 6.48. The number of rotatable bonds is 5. The predicted molar refractivity (Wildman–Crippen MR) is 136 cm³/mol. The van der Waals surface area contributed by atoms with E-state index in [-0.39, 0.29) is 22.4 Å². The van der Waals surface area contributed by atoms with Gasteiger partial charge in [-0.05, 0) is 92.3 Å². The van der Waals surface area contributed by atoms with Crippen LogP contribution in [0.25, 0.3) is 6.08 Å². The first kappa shape index (κ1) is 23.6. The van der Waals surface area contributed by atoms with Crippen molar-refractivity contribution in [1.82, 2.24) is 0 Å². The largest absolute Gasteiger partial charge is 0.455 e. The molecular weight excluding hydrogens is 420 g/mol. The van der Waals surface area contributed by atoms with Crippen LogP contribution in [0.1, 0.15) is 90.5 Å². The van der Waals surface area contributed by atoms with Gasteiger partial charge in [0.25, 0.3) is 0 Å². The van der Waals surface area contributed by atoms with Crippen LogP contribution in [-0.4, -0.2) is 17.4 Å². The third-order valence-electron chi connectivity index (χ3n) is 10.4. The van der Waals surface area contributed by atoms with E-state index >= 15 is 0 Å². The van der Waals surface area contributed by atoms with E-state index in [4.69, 9.17) is 4.74 Å². The Morgan fingerprint density at radius 2 is 1.79 bits per heavy atom. The summed E-state index contributed by atoms with van der Waals surface area (Å²) in [5.41, 5.74) is 2.29. The molecule has 0 bridgehead atoms. The second-order valence-electron chi connectivity index (χ2n) is 11.9. The summed E-state index contributed by atoms with van der Waals surface area (Å²) in [6.07, 6.45) is 15.9. The number of hydrogen-bond acceptors (Lipinski definition) is 3. The number of hydrogen-bond donors (Lipinski definition) is 0. The number of fused-ring (bicyclic) bond motifs is 5. The highest BCUT2D eigenvalue weighted by molar-refractivity contribution is 5.91. The summed E-state index contributed by atoms with van der Waals surface area (Å²) in [6, 6.07) is 9.96. The number of ether oxygens (including phenoxy) is 1. The van der Waals surface area contributed by atoms with E-state index in [1.165, 1.54) is 18.4 Å². The first-order valence-electron chi connectivity index (χ1n) is 13.5. The van der Waals surface area contributed by atoms with Crippen LogP contribution in [0.15, 0.2) is 48.1 Å². The van der Waals surface area contributed by atoms with Gasteiger partial charge < -0.3 is 4.74 Å². The fraction of sp³-hybridized carbons (Fsp3) is 0.613. The van der Waals surface area contributed by atoms with Crippen LogP contribution < -0.4 is 0 Å². The maximum Gasteiger partial charge on any atom is 0.331 e. The fourth-order valence-corrected chi connectivity index (χ4v) is 8.64. The van der Waals surface area contributed by atoms with Gasteiger partial charge in [-0.25, -0.2) is 4.79 Å². The minimum atomic E-state index is -0.366. The van der Waals surface area contributed by atoms with E-state index in [0.29, 0.717) is 30.0 Å². The van der Waals surface area contributed by atoms with Crippen LogP contribution in [0.3, 0.4) is 0 Å². The molecule has 6 atom stereocenters. The Kier molecular flexibility index (Phi) is 6.11. The third kappa shape index (κ3) is 3.71. The molecule has 34 heavy (non-hydrogen) atoms. The molecule has 0 aliphatic heterocycles. The molecule has 0 aromatic heterocycles. The molecule has 0 unspecified atom stereocenters. The molecule has 4 aliphatic rings. The van der Waals surface area contributed by atoms with Crippen molar-refractivity contribution >= 4 is 17.8 Å². The highest BCUT2D eigenvalue weighted by Crippen LogP contribution is 2.69. The highest BCUT2D eigenvalue weighted by atomic mass is 16.6. The van der Waals surface area contributed by atoms with Crippen LogP contribution >= 0.6 is 0 Å². The molecule has 4 aliphatic carbocycles. The Labute approximate surface area is 205 Å². The monoisotopic (exact) mass is 460 g/mol. The van der Waals surface area contributed by atoms with Gasteiger partial charge in [0.1, 0.15) is 5.60 Å². The highest BCUT2D eigenvalue weighted by Gasteiger charge is 2.65. The van der Waals surface area contributed by atoms with Crippen molar-refractivity contribution in [2.45, 2.75) is 90.6 Å². The van der Waals surface area contributed by atoms with E-state index in [9.17, 15) is 9.59 Å². The molecule has 1 aromatic carbocycles. The molecule has 0 amide bonds. The van der Waals surface area contributed by atoms with Crippen molar-refractivity contribution in [3.05, 3.63) is 53.6 Å². The Morgan fingerprint density at radius 3 is 2.56 bits per heavy atom. The van der Waals surface area contributed by atoms with Crippen molar-refractivity contribution in [2.24, 2.45) is 28.6 Å². The lowest BCUT2D eigenvalue weighted by molar-refractivity contribution is -0.181. The molecule has 3 saturated carbocycles. The Morgan fingerprint density at radius 1 is 1.03 bits per heavy atom. The molecule has 0 radical (unpaired) electrons. The molecule has 5 rings (SSSR count). The smallest absolute Gasteiger partial charge is 0.331 e. The molecule has 3 fully saturated rings. The number of carbonyl (C=O) groups excluding carboxylic acids is 2. The normalized spacial score (nSPS) is 39.2. The molecule has 0 heterocycles. The van der Waals surface area contributed by atoms with E-state index in [1.54, 1.807) is 6.08 Å². The molecule has 0 saturated heterocycles. The lowest BCUT2D eigenvalue weighted by Gasteiger charge is -2.59. The summed E-state index contributed by atoms with van der Waals surface area (Å²) in [5, 5.41) is 0. The molecule has 3 nitrogen and oxygen atoms in total. The Hall–Kier alpha value is -2.16. The maximum absolute atomic E-state index is 13.1. The minimum Gasteiger partial charge on any atom is -0.455 e. The topological polar surface area (TPSA) is 43.4 Å². The molecule has 0 N–H and O–H groups in total. The SMILES string of the molecule is CCC[C@]1(OC(=O)/C=C/c2ccccc2)CC[C@H]2[C@@H]3CCC4=CC(=O)CC[C@]4(C)[C@H]3CC[C@@]21C. The van der Waals surface area contributed by atoms with Crippen molar-refractivity contribution in [3.8, 4) is 0 Å². The summed E-state index contributed by atoms with van der Waals surface area (Å²) >= 11 is 0. The van der Waals surface area contributed by atoms with Crippen molar-refractivity contribution in [1.29, 1.82) is 0 Å². The quantitative estimate of drug-likeness (QED) is 0.342. The minimum absolute atomic E-state index is 0.0302. The van der Waals surface area contributed by atoms with Gasteiger partial charge in [0.05, 0.1) is 0 Å². The van der Waals surface area contributed by atoms with E-state index in [1.807, 2.05) is 42.5 Å². The Bertz CT molecular complexity index is 1010. The van der Waals surface area contributed by atoms with Crippen molar-refractivity contribution < 1.29 is 14.3 Å². The van der Waals surface area contributed by atoms with Gasteiger partial charge >= 0.3 is 5.97 Å². The van der Waals surface area contributed by atoms with Gasteiger partial charge in [0.2, 0.25) is 0 Å². The Balaban J connectivity index is 1.39. The van der Waals surface area contributed by atoms with Crippen LogP contribution in [0.2, 0.25) is 0 Å². The zero-order valence-corrected chi connectivity index (χ0v) is 21.1. The number of ketones is 1. The van der Waals surface area contributed by atoms with Crippen LogP contribution in [0.5, 0.6) is 0 Å². The maximum atomic E-state index is 13.1. The zero-order chi connectivity index (χ0) is 24.0. The summed E-state index contributed by atoms with van der Waals surface area (Å²) in [6.45, 7) is 7.09. The van der Waals surface area contributed by atoms with Gasteiger partial charge in [-0.1, -0.05) is 63.1 Å². The fourth-order valence-electron chi connectivity index (χ4n) is 8.64. The molecular formula is C31H40O3. The van der Waals surface area contributed by atoms with Gasteiger partial charge in [-0.15, -0.1) is 0 Å². The van der Waals surface area contributed by atoms with Crippen LogP contribution in [0, 0.1) is 28.6 Å². The van der Waals surface area contributed by atoms with Crippen LogP contribution in [-0.2, 0) is 14.3 Å². The summed E-state index contributed by atoms with van der Waals surface area (Å²) in [4.78, 5) is 25.2. The second-order valence-corrected chi connectivity index (χ2v) is 11.9. The summed E-state index contributed by atoms with van der Waals surface area (Å²) in [5.74, 6) is 2.05. The number of esters is 1. The van der Waals surface area contributed by atoms with Gasteiger partial charge in [-0.3, -0.25) is 4.79 Å². The van der Waals surface area contributed by atoms with Gasteiger partial charge in [0, 0.05) is 17.9 Å². The molecule has 3 heteroatoms. The van der Waals surface area contributed by atoms with E-state index in [2.05, 4.69) is 20.8 Å². The van der Waals surface area contributed by atoms with Crippen molar-refractivity contribution in [2.75, 3.05) is 0 Å². The van der Waals surface area contributed by atoms with Crippen molar-refractivity contribution in [3.63, 3.8) is 0 Å². The average molecular weight is 461 g/mol. The molecule has 0 spiro atoms. The standard InChI is InChI=1S/C31H40O3/c1-4-17-31(34-28(33)13-10-22-8-6-5-7-9-22)20-16-27-25-12-11-23-21-24(32)14-18-29(23,2)26(25)15-19-30(27,31)3/h5-10,13,21,25-27H,4,11-12,14-20H2,1-3H3/b13-10+/t25-,26+,27+,29+,30+,31+/m1/s1. The number of benzene rings is 1. The second kappa shape index (κ2) is 8.81. The lowest BCUT2D eigenvalue weighted by atomic mass is 9.46. The van der Waals surface area contributed by atoms with Gasteiger partial charge in [-0.2, -0.15) is 0 Å². The first-order valence-corrected chi connectivity index (χ1v) is 13.5. The third-order valence-corrected chi connectivity index (χ3v) is 10.4. The van der Waals surface area contributed by atoms with E-state index < -0.39 is 0 Å². The van der Waals surface area contributed by atoms with Crippen LogP contribution in [0.4, 0.5) is 0 Å². The van der Waals surface area contributed by atoms with Gasteiger partial charge in [0.15, 0.2) is 5.78 Å². The lowest BCUT2D eigenvalue weighted by Crippen LogP contribution is -2.56. The first-order chi connectivity index (χ1) is 16.3. The average Bonchev–Trinajstić information content (AvgIpc) is 3.11. The zero-order valence-electron chi connectivity index (χ0n) is 21.1. The van der Waals surface area contributed by atoms with E-state index in [0.717, 1.165) is 50.5 Å². The predicted octanol–water partition coefficient (Wildman–Crippen LogP) is 7.31. The number of allylic oxidation sites excluding steroid dienone is 1.